The number of carbonyl (C=O) groups excluding carboxylic acids is 1. The first-order valence-electron chi connectivity index (χ1n) is 7.09. The number of hydrogen-bond donors (Lipinski definition) is 1. The molecule has 0 bridgehead atoms. The molecule has 0 unspecified atom stereocenters. The van der Waals surface area contributed by atoms with Crippen molar-refractivity contribution in [3.05, 3.63) is 70.5 Å². The van der Waals surface area contributed by atoms with Crippen LogP contribution in [-0.2, 0) is 13.1 Å². The van der Waals surface area contributed by atoms with Gasteiger partial charge in [-0.2, -0.15) is 0 Å². The zero-order chi connectivity index (χ0) is 14.4. The van der Waals surface area contributed by atoms with Crippen molar-refractivity contribution in [2.24, 2.45) is 0 Å². The van der Waals surface area contributed by atoms with Gasteiger partial charge in [0.1, 0.15) is 5.58 Å². The van der Waals surface area contributed by atoms with Gasteiger partial charge in [0.15, 0.2) is 5.76 Å². The lowest BCUT2D eigenvalue weighted by atomic mass is 10.0. The second-order valence-corrected chi connectivity index (χ2v) is 5.52. The number of benzene rings is 2. The largest absolute Gasteiger partial charge is 0.452 e. The van der Waals surface area contributed by atoms with Crippen molar-refractivity contribution < 1.29 is 9.21 Å². The number of fused-ring (bicyclic) bond motifs is 2. The molecule has 104 valence electrons. The molecule has 3 nitrogen and oxygen atoms in total. The molecular formula is C18H15NO2. The van der Waals surface area contributed by atoms with Gasteiger partial charge in [0.05, 0.1) is 0 Å². The van der Waals surface area contributed by atoms with E-state index in [-0.39, 0.29) is 5.78 Å². The molecule has 1 aliphatic heterocycles. The molecule has 0 saturated heterocycles. The maximum absolute atomic E-state index is 12.6. The second kappa shape index (κ2) is 4.57. The van der Waals surface area contributed by atoms with Crippen molar-refractivity contribution in [1.29, 1.82) is 0 Å². The topological polar surface area (TPSA) is 42.2 Å². The lowest BCUT2D eigenvalue weighted by molar-refractivity contribution is 0.101. The Labute approximate surface area is 122 Å². The van der Waals surface area contributed by atoms with Gasteiger partial charge in [-0.25, -0.2) is 0 Å². The molecule has 0 radical (unpaired) electrons. The average Bonchev–Trinajstić information content (AvgIpc) is 3.12. The number of ketones is 1. The van der Waals surface area contributed by atoms with Crippen molar-refractivity contribution in [3.8, 4) is 0 Å². The summed E-state index contributed by atoms with van der Waals surface area (Å²) in [6.45, 7) is 3.70. The van der Waals surface area contributed by atoms with Crippen LogP contribution in [0.2, 0.25) is 0 Å². The van der Waals surface area contributed by atoms with E-state index < -0.39 is 0 Å². The molecule has 0 spiro atoms. The van der Waals surface area contributed by atoms with Gasteiger partial charge in [-0.05, 0) is 35.7 Å². The Hall–Kier alpha value is -2.39. The van der Waals surface area contributed by atoms with Gasteiger partial charge in [-0.1, -0.05) is 30.3 Å². The monoisotopic (exact) mass is 277 g/mol. The zero-order valence-electron chi connectivity index (χ0n) is 11.8. The molecule has 1 aliphatic rings. The number of para-hydroxylation sites is 1. The van der Waals surface area contributed by atoms with Crippen LogP contribution in [0, 0.1) is 6.92 Å². The first kappa shape index (κ1) is 12.4. The van der Waals surface area contributed by atoms with E-state index in [0.717, 1.165) is 29.6 Å². The van der Waals surface area contributed by atoms with E-state index in [9.17, 15) is 4.79 Å². The molecule has 1 aromatic heterocycles. The Morgan fingerprint density at radius 3 is 2.81 bits per heavy atom. The minimum Gasteiger partial charge on any atom is -0.452 e. The van der Waals surface area contributed by atoms with Gasteiger partial charge in [-0.15, -0.1) is 0 Å². The van der Waals surface area contributed by atoms with Crippen molar-refractivity contribution in [1.82, 2.24) is 5.32 Å². The lowest BCUT2D eigenvalue weighted by Crippen LogP contribution is -2.01. The van der Waals surface area contributed by atoms with E-state index in [4.69, 9.17) is 4.42 Å². The maximum Gasteiger partial charge on any atom is 0.228 e. The van der Waals surface area contributed by atoms with Gasteiger partial charge in [0.2, 0.25) is 5.78 Å². The number of aryl methyl sites for hydroxylation is 1. The number of nitrogens with one attached hydrogen (secondary N) is 1. The van der Waals surface area contributed by atoms with Gasteiger partial charge in [0.25, 0.3) is 0 Å². The van der Waals surface area contributed by atoms with Crippen molar-refractivity contribution in [2.45, 2.75) is 20.0 Å². The maximum atomic E-state index is 12.6. The Bertz CT molecular complexity index is 861. The molecule has 3 heteroatoms. The zero-order valence-corrected chi connectivity index (χ0v) is 11.8. The number of furan rings is 1. The number of hydrogen-bond acceptors (Lipinski definition) is 3. The van der Waals surface area contributed by atoms with E-state index in [1.165, 1.54) is 11.1 Å². The standard InChI is InChI=1S/C18H15NO2/c1-11-3-2-4-13-8-16(21-18(11)13)17(20)12-5-6-14-9-19-10-15(14)7-12/h2-8,19H,9-10H2,1H3. The molecule has 2 aromatic carbocycles. The predicted octanol–water partition coefficient (Wildman–Crippen LogP) is 3.58. The Kier molecular flexibility index (Phi) is 2.69. The number of carbonyl (C=O) groups is 1. The highest BCUT2D eigenvalue weighted by molar-refractivity contribution is 6.09. The highest BCUT2D eigenvalue weighted by Gasteiger charge is 2.18. The van der Waals surface area contributed by atoms with Gasteiger partial charge < -0.3 is 9.73 Å². The van der Waals surface area contributed by atoms with E-state index in [1.54, 1.807) is 0 Å². The van der Waals surface area contributed by atoms with Crippen LogP contribution < -0.4 is 5.32 Å². The average molecular weight is 277 g/mol. The molecule has 3 aromatic rings. The van der Waals surface area contributed by atoms with Crippen LogP contribution in [0.25, 0.3) is 11.0 Å². The molecule has 0 saturated carbocycles. The van der Waals surface area contributed by atoms with Crippen LogP contribution >= 0.6 is 0 Å². The van der Waals surface area contributed by atoms with E-state index in [2.05, 4.69) is 5.32 Å². The van der Waals surface area contributed by atoms with E-state index in [1.807, 2.05) is 49.4 Å². The van der Waals surface area contributed by atoms with Crippen LogP contribution in [0.15, 0.2) is 46.9 Å². The fourth-order valence-corrected chi connectivity index (χ4v) is 2.90. The van der Waals surface area contributed by atoms with E-state index >= 15 is 0 Å². The fraction of sp³-hybridized carbons (Fsp3) is 0.167. The lowest BCUT2D eigenvalue weighted by Gasteiger charge is -2.01. The molecule has 1 N–H and O–H groups in total. The van der Waals surface area contributed by atoms with Crippen molar-refractivity contribution in [3.63, 3.8) is 0 Å². The summed E-state index contributed by atoms with van der Waals surface area (Å²) in [6, 6.07) is 13.6. The highest BCUT2D eigenvalue weighted by Crippen LogP contribution is 2.25. The van der Waals surface area contributed by atoms with Crippen molar-refractivity contribution >= 4 is 16.8 Å². The smallest absolute Gasteiger partial charge is 0.228 e. The summed E-state index contributed by atoms with van der Waals surface area (Å²) in [4.78, 5) is 12.6. The van der Waals surface area contributed by atoms with Gasteiger partial charge >= 0.3 is 0 Å². The Morgan fingerprint density at radius 1 is 1.10 bits per heavy atom. The number of rotatable bonds is 2. The molecule has 0 atom stereocenters. The summed E-state index contributed by atoms with van der Waals surface area (Å²) in [5.41, 5.74) is 5.00. The third-order valence-electron chi connectivity index (χ3n) is 4.06. The Morgan fingerprint density at radius 2 is 1.95 bits per heavy atom. The summed E-state index contributed by atoms with van der Waals surface area (Å²) in [5, 5.41) is 4.26. The molecule has 0 amide bonds. The minimum atomic E-state index is -0.0553. The summed E-state index contributed by atoms with van der Waals surface area (Å²) < 4.78 is 5.77. The molecular weight excluding hydrogens is 262 g/mol. The Balaban J connectivity index is 1.77. The summed E-state index contributed by atoms with van der Waals surface area (Å²) >= 11 is 0. The summed E-state index contributed by atoms with van der Waals surface area (Å²) in [7, 11) is 0. The molecule has 0 fully saturated rings. The normalized spacial score (nSPS) is 13.6. The quantitative estimate of drug-likeness (QED) is 0.728. The molecule has 4 rings (SSSR count). The molecule has 0 aliphatic carbocycles. The van der Waals surface area contributed by atoms with Crippen LogP contribution in [0.3, 0.4) is 0 Å². The van der Waals surface area contributed by atoms with Crippen LogP contribution in [-0.4, -0.2) is 5.78 Å². The summed E-state index contributed by atoms with van der Waals surface area (Å²) in [5.74, 6) is 0.352. The summed E-state index contributed by atoms with van der Waals surface area (Å²) in [6.07, 6.45) is 0. The third-order valence-corrected chi connectivity index (χ3v) is 4.06. The minimum absolute atomic E-state index is 0.0553. The predicted molar refractivity (Wildman–Crippen MR) is 81.4 cm³/mol. The van der Waals surface area contributed by atoms with Crippen LogP contribution in [0.5, 0.6) is 0 Å². The van der Waals surface area contributed by atoms with Gasteiger partial charge in [-0.3, -0.25) is 4.79 Å². The van der Waals surface area contributed by atoms with E-state index in [0.29, 0.717) is 11.3 Å². The van der Waals surface area contributed by atoms with Gasteiger partial charge in [0, 0.05) is 24.0 Å². The SMILES string of the molecule is Cc1cccc2cc(C(=O)c3ccc4c(c3)CNC4)oc12. The van der Waals surface area contributed by atoms with Crippen LogP contribution in [0.4, 0.5) is 0 Å². The first-order valence-corrected chi connectivity index (χ1v) is 7.09. The highest BCUT2D eigenvalue weighted by atomic mass is 16.3. The second-order valence-electron chi connectivity index (χ2n) is 5.52. The molecule has 21 heavy (non-hydrogen) atoms. The fourth-order valence-electron chi connectivity index (χ4n) is 2.90. The van der Waals surface area contributed by atoms with Crippen LogP contribution in [0.1, 0.15) is 32.8 Å². The third kappa shape index (κ3) is 1.98. The first-order chi connectivity index (χ1) is 10.2. The van der Waals surface area contributed by atoms with Crippen molar-refractivity contribution in [2.75, 3.05) is 0 Å². The molecule has 2 heterocycles.